The molecule has 0 aliphatic heterocycles. The van der Waals surface area contributed by atoms with Crippen molar-refractivity contribution in [3.05, 3.63) is 60.8 Å². The van der Waals surface area contributed by atoms with Crippen LogP contribution in [0.5, 0.6) is 5.88 Å². The summed E-state index contributed by atoms with van der Waals surface area (Å²) in [6, 6.07) is 18.7. The first kappa shape index (κ1) is 13.6. The first-order chi connectivity index (χ1) is 10.4. The van der Waals surface area contributed by atoms with E-state index in [1.165, 1.54) is 10.9 Å². The van der Waals surface area contributed by atoms with Gasteiger partial charge in [-0.25, -0.2) is 4.98 Å². The molecule has 0 amide bonds. The zero-order valence-electron chi connectivity index (χ0n) is 12.3. The monoisotopic (exact) mass is 277 g/mol. The van der Waals surface area contributed by atoms with E-state index in [1.807, 2.05) is 18.3 Å². The maximum Gasteiger partial charge on any atom is 0.221 e. The lowest BCUT2D eigenvalue weighted by molar-refractivity contribution is 0.302. The summed E-state index contributed by atoms with van der Waals surface area (Å²) in [5.74, 6) is 0.735. The molecule has 3 aromatic rings. The highest BCUT2D eigenvalue weighted by Crippen LogP contribution is 2.32. The van der Waals surface area contributed by atoms with E-state index in [9.17, 15) is 0 Å². The van der Waals surface area contributed by atoms with E-state index in [2.05, 4.69) is 54.4 Å². The van der Waals surface area contributed by atoms with Gasteiger partial charge in [0.05, 0.1) is 6.61 Å². The van der Waals surface area contributed by atoms with Crippen LogP contribution in [0.1, 0.15) is 19.8 Å². The number of aromatic nitrogens is 1. The summed E-state index contributed by atoms with van der Waals surface area (Å²) in [7, 11) is 0. The van der Waals surface area contributed by atoms with E-state index in [1.54, 1.807) is 0 Å². The van der Waals surface area contributed by atoms with Crippen LogP contribution in [0.4, 0.5) is 0 Å². The molecule has 2 heteroatoms. The topological polar surface area (TPSA) is 22.1 Å². The summed E-state index contributed by atoms with van der Waals surface area (Å²) in [5, 5.41) is 2.26. The van der Waals surface area contributed by atoms with Crippen LogP contribution in [-0.2, 0) is 0 Å². The normalized spacial score (nSPS) is 10.7. The Kier molecular flexibility index (Phi) is 4.15. The van der Waals surface area contributed by atoms with Gasteiger partial charge in [-0.2, -0.15) is 0 Å². The van der Waals surface area contributed by atoms with Gasteiger partial charge in [0.25, 0.3) is 0 Å². The minimum absolute atomic E-state index is 0.720. The first-order valence-electron chi connectivity index (χ1n) is 7.46. The smallest absolute Gasteiger partial charge is 0.221 e. The molecule has 0 spiro atoms. The molecule has 21 heavy (non-hydrogen) atoms. The minimum atomic E-state index is 0.720. The lowest BCUT2D eigenvalue weighted by Gasteiger charge is -2.11. The number of rotatable bonds is 5. The molecule has 0 aliphatic carbocycles. The molecule has 0 N–H and O–H groups in total. The molecule has 0 unspecified atom stereocenters. The van der Waals surface area contributed by atoms with E-state index < -0.39 is 0 Å². The van der Waals surface area contributed by atoms with Crippen LogP contribution < -0.4 is 4.74 Å². The lowest BCUT2D eigenvalue weighted by Crippen LogP contribution is -1.99. The van der Waals surface area contributed by atoms with Crippen molar-refractivity contribution in [1.82, 2.24) is 4.98 Å². The lowest BCUT2D eigenvalue weighted by atomic mass is 10.0. The predicted octanol–water partition coefficient (Wildman–Crippen LogP) is 5.08. The van der Waals surface area contributed by atoms with Crippen molar-refractivity contribution >= 4 is 10.8 Å². The Labute approximate surface area is 125 Å². The standard InChI is InChI=1S/C19H19NO/c1-2-3-13-21-19-17-12-8-7-11-16(17)18(14-20-19)15-9-5-4-6-10-15/h4-12,14H,2-3,13H2,1H3. The molecular formula is C19H19NO. The van der Waals surface area contributed by atoms with Gasteiger partial charge in [-0.1, -0.05) is 61.9 Å². The molecule has 2 aromatic carbocycles. The van der Waals surface area contributed by atoms with Crippen molar-refractivity contribution in [2.45, 2.75) is 19.8 Å². The van der Waals surface area contributed by atoms with Crippen LogP contribution in [0.3, 0.4) is 0 Å². The third-order valence-electron chi connectivity index (χ3n) is 3.58. The Morgan fingerprint density at radius 1 is 0.905 bits per heavy atom. The van der Waals surface area contributed by atoms with E-state index in [4.69, 9.17) is 4.74 Å². The minimum Gasteiger partial charge on any atom is -0.477 e. The van der Waals surface area contributed by atoms with Gasteiger partial charge in [-0.15, -0.1) is 0 Å². The Morgan fingerprint density at radius 3 is 2.38 bits per heavy atom. The molecule has 0 saturated carbocycles. The first-order valence-corrected chi connectivity index (χ1v) is 7.46. The average molecular weight is 277 g/mol. The summed E-state index contributed by atoms with van der Waals surface area (Å²) < 4.78 is 5.84. The summed E-state index contributed by atoms with van der Waals surface area (Å²) >= 11 is 0. The van der Waals surface area contributed by atoms with Crippen molar-refractivity contribution in [3.63, 3.8) is 0 Å². The SMILES string of the molecule is CCCCOc1ncc(-c2ccccc2)c2ccccc12. The highest BCUT2D eigenvalue weighted by molar-refractivity contribution is 5.98. The summed E-state index contributed by atoms with van der Waals surface area (Å²) in [4.78, 5) is 4.53. The fraction of sp³-hybridized carbons (Fsp3) is 0.211. The molecule has 0 fully saturated rings. The van der Waals surface area contributed by atoms with Gasteiger partial charge in [0.1, 0.15) is 0 Å². The number of nitrogens with zero attached hydrogens (tertiary/aromatic N) is 1. The molecule has 0 bridgehead atoms. The van der Waals surface area contributed by atoms with Gasteiger partial charge in [-0.3, -0.25) is 0 Å². The van der Waals surface area contributed by atoms with Crippen LogP contribution >= 0.6 is 0 Å². The van der Waals surface area contributed by atoms with E-state index in [-0.39, 0.29) is 0 Å². The van der Waals surface area contributed by atoms with Crippen molar-refractivity contribution < 1.29 is 4.74 Å². The molecule has 0 aliphatic rings. The van der Waals surface area contributed by atoms with Crippen LogP contribution in [0.2, 0.25) is 0 Å². The number of ether oxygens (including phenoxy) is 1. The highest BCUT2D eigenvalue weighted by atomic mass is 16.5. The van der Waals surface area contributed by atoms with Crippen molar-refractivity contribution in [3.8, 4) is 17.0 Å². The van der Waals surface area contributed by atoms with Gasteiger partial charge in [0.2, 0.25) is 5.88 Å². The second-order valence-corrected chi connectivity index (χ2v) is 5.09. The number of hydrogen-bond donors (Lipinski definition) is 0. The molecular weight excluding hydrogens is 258 g/mol. The van der Waals surface area contributed by atoms with Crippen molar-refractivity contribution in [1.29, 1.82) is 0 Å². The molecule has 1 heterocycles. The van der Waals surface area contributed by atoms with Gasteiger partial charge < -0.3 is 4.74 Å². The molecule has 3 rings (SSSR count). The van der Waals surface area contributed by atoms with E-state index in [0.717, 1.165) is 36.3 Å². The maximum atomic E-state index is 5.84. The van der Waals surface area contributed by atoms with Gasteiger partial charge >= 0.3 is 0 Å². The number of benzene rings is 2. The largest absolute Gasteiger partial charge is 0.477 e. The molecule has 0 saturated heterocycles. The van der Waals surface area contributed by atoms with Crippen LogP contribution in [0, 0.1) is 0 Å². The van der Waals surface area contributed by atoms with Crippen LogP contribution in [-0.4, -0.2) is 11.6 Å². The predicted molar refractivity (Wildman–Crippen MR) is 87.6 cm³/mol. The van der Waals surface area contributed by atoms with Crippen LogP contribution in [0.25, 0.3) is 21.9 Å². The number of hydrogen-bond acceptors (Lipinski definition) is 2. The quantitative estimate of drug-likeness (QED) is 0.607. The Hall–Kier alpha value is -2.35. The van der Waals surface area contributed by atoms with Crippen molar-refractivity contribution in [2.75, 3.05) is 6.61 Å². The van der Waals surface area contributed by atoms with Crippen molar-refractivity contribution in [2.24, 2.45) is 0 Å². The van der Waals surface area contributed by atoms with Gasteiger partial charge in [0.15, 0.2) is 0 Å². The van der Waals surface area contributed by atoms with E-state index in [0.29, 0.717) is 0 Å². The van der Waals surface area contributed by atoms with Gasteiger partial charge in [0, 0.05) is 17.1 Å². The summed E-state index contributed by atoms with van der Waals surface area (Å²) in [5.41, 5.74) is 2.33. The molecule has 1 aromatic heterocycles. The van der Waals surface area contributed by atoms with E-state index >= 15 is 0 Å². The Balaban J connectivity index is 2.07. The highest BCUT2D eigenvalue weighted by Gasteiger charge is 2.09. The Bertz CT molecular complexity index is 722. The second kappa shape index (κ2) is 6.40. The third kappa shape index (κ3) is 2.89. The summed E-state index contributed by atoms with van der Waals surface area (Å²) in [6.45, 7) is 2.88. The molecule has 0 atom stereocenters. The fourth-order valence-corrected chi connectivity index (χ4v) is 2.44. The number of pyridine rings is 1. The second-order valence-electron chi connectivity index (χ2n) is 5.09. The Morgan fingerprint density at radius 2 is 1.62 bits per heavy atom. The zero-order chi connectivity index (χ0) is 14.5. The van der Waals surface area contributed by atoms with Crippen LogP contribution in [0.15, 0.2) is 60.8 Å². The zero-order valence-corrected chi connectivity index (χ0v) is 12.3. The number of fused-ring (bicyclic) bond motifs is 1. The molecule has 2 nitrogen and oxygen atoms in total. The molecule has 106 valence electrons. The van der Waals surface area contributed by atoms with Gasteiger partial charge in [-0.05, 0) is 23.4 Å². The maximum absolute atomic E-state index is 5.84. The third-order valence-corrected chi connectivity index (χ3v) is 3.58. The average Bonchev–Trinajstić information content (AvgIpc) is 2.56. The summed E-state index contributed by atoms with van der Waals surface area (Å²) in [6.07, 6.45) is 4.09. The molecule has 0 radical (unpaired) electrons. The fourth-order valence-electron chi connectivity index (χ4n) is 2.44. The number of unbranched alkanes of at least 4 members (excludes halogenated alkanes) is 1.